The van der Waals surface area contributed by atoms with Crippen LogP contribution in [0.4, 0.5) is 5.69 Å². The number of thiazole rings is 1. The highest BCUT2D eigenvalue weighted by atomic mass is 32.1. The third-order valence-electron chi connectivity index (χ3n) is 3.40. The van der Waals surface area contributed by atoms with E-state index < -0.39 is 0 Å². The third-order valence-corrected chi connectivity index (χ3v) is 4.30. The molecule has 0 atom stereocenters. The Labute approximate surface area is 132 Å². The minimum Gasteiger partial charge on any atom is -0.366 e. The number of anilines is 1. The van der Waals surface area contributed by atoms with Crippen molar-refractivity contribution in [2.75, 3.05) is 18.0 Å². The van der Waals surface area contributed by atoms with Crippen LogP contribution in [0.3, 0.4) is 0 Å². The first kappa shape index (κ1) is 16.0. The van der Waals surface area contributed by atoms with E-state index in [0.29, 0.717) is 0 Å². The average Bonchev–Trinajstić information content (AvgIpc) is 2.92. The molecule has 4 heteroatoms. The lowest BCUT2D eigenvalue weighted by Crippen LogP contribution is -2.22. The lowest BCUT2D eigenvalue weighted by atomic mass is 10.2. The molecule has 0 spiro atoms. The van der Waals surface area contributed by atoms with Gasteiger partial charge in [0.1, 0.15) is 5.01 Å². The number of hydrogen-bond acceptors (Lipinski definition) is 4. The van der Waals surface area contributed by atoms with Crippen LogP contribution in [0.15, 0.2) is 29.6 Å². The van der Waals surface area contributed by atoms with Crippen LogP contribution in [0.1, 0.15) is 36.5 Å². The number of nitrogens with zero attached hydrogens (tertiary/aromatic N) is 2. The van der Waals surface area contributed by atoms with Gasteiger partial charge in [0.25, 0.3) is 0 Å². The molecular formula is C17H25N3S. The molecule has 2 rings (SSSR count). The molecule has 0 unspecified atom stereocenters. The molecule has 1 N–H and O–H groups in total. The minimum atomic E-state index is 0.879. The Kier molecular flexibility index (Phi) is 6.21. The predicted molar refractivity (Wildman–Crippen MR) is 92.0 cm³/mol. The second-order valence-corrected chi connectivity index (χ2v) is 6.21. The standard InChI is InChI=1S/C17H25N3S/c1-4-9-18-11-17-19-15(13-21-17)12-20(5-2)16-8-6-7-14(3)10-16/h6-8,10,13,18H,4-5,9,11-12H2,1-3H3. The van der Waals surface area contributed by atoms with Crippen molar-refractivity contribution >= 4 is 17.0 Å². The van der Waals surface area contributed by atoms with Gasteiger partial charge in [-0.15, -0.1) is 11.3 Å². The maximum Gasteiger partial charge on any atom is 0.107 e. The molecule has 0 aliphatic carbocycles. The van der Waals surface area contributed by atoms with Crippen molar-refractivity contribution in [2.45, 2.75) is 40.3 Å². The van der Waals surface area contributed by atoms with Gasteiger partial charge in [0.05, 0.1) is 12.2 Å². The zero-order valence-electron chi connectivity index (χ0n) is 13.2. The first-order chi connectivity index (χ1) is 10.2. The Hall–Kier alpha value is -1.39. The number of aromatic nitrogens is 1. The van der Waals surface area contributed by atoms with E-state index in [1.165, 1.54) is 16.3 Å². The summed E-state index contributed by atoms with van der Waals surface area (Å²) in [6, 6.07) is 8.67. The van der Waals surface area contributed by atoms with Gasteiger partial charge in [0.2, 0.25) is 0 Å². The zero-order chi connectivity index (χ0) is 15.1. The van der Waals surface area contributed by atoms with E-state index in [0.717, 1.165) is 38.3 Å². The molecule has 0 radical (unpaired) electrons. The Morgan fingerprint density at radius 1 is 1.29 bits per heavy atom. The summed E-state index contributed by atoms with van der Waals surface area (Å²) in [7, 11) is 0. The molecule has 0 bridgehead atoms. The maximum atomic E-state index is 4.73. The Morgan fingerprint density at radius 2 is 2.14 bits per heavy atom. The van der Waals surface area contributed by atoms with Gasteiger partial charge in [-0.05, 0) is 44.5 Å². The van der Waals surface area contributed by atoms with Gasteiger partial charge in [0.15, 0.2) is 0 Å². The maximum absolute atomic E-state index is 4.73. The van der Waals surface area contributed by atoms with Crippen molar-refractivity contribution in [1.29, 1.82) is 0 Å². The molecule has 0 saturated heterocycles. The van der Waals surface area contributed by atoms with Crippen molar-refractivity contribution in [2.24, 2.45) is 0 Å². The van der Waals surface area contributed by atoms with E-state index in [9.17, 15) is 0 Å². The Morgan fingerprint density at radius 3 is 2.86 bits per heavy atom. The van der Waals surface area contributed by atoms with Gasteiger partial charge in [0, 0.05) is 24.2 Å². The van der Waals surface area contributed by atoms with Crippen LogP contribution in [0, 0.1) is 6.92 Å². The van der Waals surface area contributed by atoms with Crippen LogP contribution in [0.5, 0.6) is 0 Å². The lowest BCUT2D eigenvalue weighted by Gasteiger charge is -2.22. The molecule has 0 fully saturated rings. The summed E-state index contributed by atoms with van der Waals surface area (Å²) in [5.41, 5.74) is 3.74. The average molecular weight is 303 g/mol. The van der Waals surface area contributed by atoms with Crippen LogP contribution in [-0.2, 0) is 13.1 Å². The normalized spacial score (nSPS) is 10.8. The van der Waals surface area contributed by atoms with Crippen molar-refractivity contribution in [3.63, 3.8) is 0 Å². The van der Waals surface area contributed by atoms with E-state index in [-0.39, 0.29) is 0 Å². The fourth-order valence-electron chi connectivity index (χ4n) is 2.28. The summed E-state index contributed by atoms with van der Waals surface area (Å²) < 4.78 is 0. The lowest BCUT2D eigenvalue weighted by molar-refractivity contribution is 0.670. The molecule has 1 heterocycles. The number of rotatable bonds is 8. The summed E-state index contributed by atoms with van der Waals surface area (Å²) in [5.74, 6) is 0. The largest absolute Gasteiger partial charge is 0.366 e. The SMILES string of the molecule is CCCNCc1nc(CN(CC)c2cccc(C)c2)cs1. The van der Waals surface area contributed by atoms with Crippen LogP contribution in [-0.4, -0.2) is 18.1 Å². The van der Waals surface area contributed by atoms with Crippen LogP contribution in [0.25, 0.3) is 0 Å². The van der Waals surface area contributed by atoms with Gasteiger partial charge >= 0.3 is 0 Å². The van der Waals surface area contributed by atoms with E-state index in [4.69, 9.17) is 4.98 Å². The highest BCUT2D eigenvalue weighted by molar-refractivity contribution is 7.09. The van der Waals surface area contributed by atoms with Crippen molar-refractivity contribution in [3.05, 3.63) is 45.9 Å². The third kappa shape index (κ3) is 4.83. The number of hydrogen-bond donors (Lipinski definition) is 1. The zero-order valence-corrected chi connectivity index (χ0v) is 14.0. The van der Waals surface area contributed by atoms with E-state index in [1.807, 2.05) is 0 Å². The molecule has 0 aliphatic rings. The second-order valence-electron chi connectivity index (χ2n) is 5.26. The summed E-state index contributed by atoms with van der Waals surface area (Å²) in [4.78, 5) is 7.10. The molecule has 2 aromatic rings. The van der Waals surface area contributed by atoms with E-state index >= 15 is 0 Å². The molecule has 21 heavy (non-hydrogen) atoms. The molecule has 0 amide bonds. The van der Waals surface area contributed by atoms with Crippen LogP contribution >= 0.6 is 11.3 Å². The summed E-state index contributed by atoms with van der Waals surface area (Å²) in [6.45, 7) is 10.3. The fourth-order valence-corrected chi connectivity index (χ4v) is 3.04. The quantitative estimate of drug-likeness (QED) is 0.748. The van der Waals surface area contributed by atoms with Gasteiger partial charge in [-0.1, -0.05) is 19.1 Å². The molecule has 0 saturated carbocycles. The van der Waals surface area contributed by atoms with Gasteiger partial charge < -0.3 is 10.2 Å². The summed E-state index contributed by atoms with van der Waals surface area (Å²) >= 11 is 1.75. The number of nitrogens with one attached hydrogen (secondary N) is 1. The van der Waals surface area contributed by atoms with Crippen molar-refractivity contribution in [1.82, 2.24) is 10.3 Å². The first-order valence-corrected chi connectivity index (χ1v) is 8.56. The molecule has 1 aromatic carbocycles. The highest BCUT2D eigenvalue weighted by Gasteiger charge is 2.08. The smallest absolute Gasteiger partial charge is 0.107 e. The van der Waals surface area contributed by atoms with Crippen molar-refractivity contribution < 1.29 is 0 Å². The summed E-state index contributed by atoms with van der Waals surface area (Å²) in [6.07, 6.45) is 1.16. The Bertz CT molecular complexity index is 550. The highest BCUT2D eigenvalue weighted by Crippen LogP contribution is 2.19. The fraction of sp³-hybridized carbons (Fsp3) is 0.471. The minimum absolute atomic E-state index is 0.879. The molecule has 3 nitrogen and oxygen atoms in total. The monoisotopic (exact) mass is 303 g/mol. The summed E-state index contributed by atoms with van der Waals surface area (Å²) in [5, 5.41) is 6.77. The van der Waals surface area contributed by atoms with Crippen molar-refractivity contribution in [3.8, 4) is 0 Å². The Balaban J connectivity index is 1.98. The first-order valence-electron chi connectivity index (χ1n) is 7.68. The molecular weight excluding hydrogens is 278 g/mol. The second kappa shape index (κ2) is 8.15. The van der Waals surface area contributed by atoms with E-state index in [1.54, 1.807) is 11.3 Å². The van der Waals surface area contributed by atoms with Gasteiger partial charge in [-0.3, -0.25) is 0 Å². The number of aryl methyl sites for hydroxylation is 1. The molecule has 0 aliphatic heterocycles. The number of benzene rings is 1. The molecule has 1 aromatic heterocycles. The van der Waals surface area contributed by atoms with Gasteiger partial charge in [-0.2, -0.15) is 0 Å². The predicted octanol–water partition coefficient (Wildman–Crippen LogP) is 3.98. The van der Waals surface area contributed by atoms with Gasteiger partial charge in [-0.25, -0.2) is 4.98 Å². The topological polar surface area (TPSA) is 28.2 Å². The molecule has 114 valence electrons. The van der Waals surface area contributed by atoms with E-state index in [2.05, 4.69) is 60.6 Å². The van der Waals surface area contributed by atoms with Crippen LogP contribution < -0.4 is 10.2 Å². The van der Waals surface area contributed by atoms with Crippen LogP contribution in [0.2, 0.25) is 0 Å².